The van der Waals surface area contributed by atoms with Crippen LogP contribution in [0, 0.1) is 13.8 Å². The zero-order valence-corrected chi connectivity index (χ0v) is 20.6. The van der Waals surface area contributed by atoms with Gasteiger partial charge in [-0.2, -0.15) is 0 Å². The van der Waals surface area contributed by atoms with Gasteiger partial charge in [0.2, 0.25) is 0 Å². The third kappa shape index (κ3) is 3.81. The van der Waals surface area contributed by atoms with E-state index < -0.39 is 0 Å². The summed E-state index contributed by atoms with van der Waals surface area (Å²) in [5.74, 6) is 0.189. The molecule has 0 bridgehead atoms. The van der Waals surface area contributed by atoms with Crippen molar-refractivity contribution in [2.45, 2.75) is 25.9 Å². The van der Waals surface area contributed by atoms with E-state index in [1.54, 1.807) is 12.3 Å². The SMILES string of the molecule is Cc1cc([C@H]2[C@@H](c3ccccn3)NC(=S)N2c2ccccc2O)c(C)n1-c1cccc(Br)c1. The quantitative estimate of drug-likeness (QED) is 0.318. The van der Waals surface area contributed by atoms with Crippen LogP contribution in [-0.2, 0) is 0 Å². The van der Waals surface area contributed by atoms with Crippen molar-refractivity contribution >= 4 is 38.9 Å². The number of nitrogens with one attached hydrogen (secondary N) is 1. The van der Waals surface area contributed by atoms with Crippen LogP contribution in [-0.4, -0.2) is 19.8 Å². The van der Waals surface area contributed by atoms with Crippen molar-refractivity contribution in [1.29, 1.82) is 0 Å². The molecule has 1 aliphatic rings. The number of hydrogen-bond acceptors (Lipinski definition) is 3. The molecule has 5 rings (SSSR count). The van der Waals surface area contributed by atoms with Gasteiger partial charge in [-0.05, 0) is 80.2 Å². The average Bonchev–Trinajstić information content (AvgIpc) is 3.30. The second-order valence-electron chi connectivity index (χ2n) is 8.13. The molecule has 2 aromatic heterocycles. The Labute approximate surface area is 206 Å². The molecule has 1 fully saturated rings. The van der Waals surface area contributed by atoms with Crippen molar-refractivity contribution in [1.82, 2.24) is 14.9 Å². The predicted molar refractivity (Wildman–Crippen MR) is 139 cm³/mol. The highest BCUT2D eigenvalue weighted by Gasteiger charge is 2.43. The van der Waals surface area contributed by atoms with Crippen LogP contribution in [0.4, 0.5) is 5.69 Å². The minimum absolute atomic E-state index is 0.172. The van der Waals surface area contributed by atoms with E-state index in [0.29, 0.717) is 10.8 Å². The molecule has 1 saturated heterocycles. The van der Waals surface area contributed by atoms with E-state index in [4.69, 9.17) is 12.2 Å². The Balaban J connectivity index is 1.70. The van der Waals surface area contributed by atoms with Crippen molar-refractivity contribution < 1.29 is 5.11 Å². The molecular formula is C26H23BrN4OS. The molecule has 0 saturated carbocycles. The molecule has 4 aromatic rings. The van der Waals surface area contributed by atoms with Gasteiger partial charge in [-0.25, -0.2) is 0 Å². The zero-order chi connectivity index (χ0) is 23.1. The molecule has 0 spiro atoms. The van der Waals surface area contributed by atoms with Gasteiger partial charge in [0, 0.05) is 27.7 Å². The first-order valence-corrected chi connectivity index (χ1v) is 11.9. The Bertz CT molecular complexity index is 1340. The van der Waals surface area contributed by atoms with Gasteiger partial charge >= 0.3 is 0 Å². The van der Waals surface area contributed by atoms with E-state index >= 15 is 0 Å². The number of phenols is 1. The summed E-state index contributed by atoms with van der Waals surface area (Å²) in [5.41, 5.74) is 6.01. The highest BCUT2D eigenvalue weighted by molar-refractivity contribution is 9.10. The largest absolute Gasteiger partial charge is 0.506 e. The first-order valence-electron chi connectivity index (χ1n) is 10.7. The summed E-state index contributed by atoms with van der Waals surface area (Å²) < 4.78 is 3.28. The minimum atomic E-state index is -0.187. The molecule has 5 nitrogen and oxygen atoms in total. The molecule has 3 heterocycles. The van der Waals surface area contributed by atoms with E-state index in [1.165, 1.54) is 0 Å². The smallest absolute Gasteiger partial charge is 0.174 e. The number of para-hydroxylation sites is 2. The van der Waals surface area contributed by atoms with Crippen LogP contribution in [0.2, 0.25) is 0 Å². The summed E-state index contributed by atoms with van der Waals surface area (Å²) in [7, 11) is 0. The Kier molecular flexibility index (Phi) is 5.68. The lowest BCUT2D eigenvalue weighted by Crippen LogP contribution is -2.29. The Morgan fingerprint density at radius 1 is 1.00 bits per heavy atom. The van der Waals surface area contributed by atoms with Gasteiger partial charge in [0.25, 0.3) is 0 Å². The van der Waals surface area contributed by atoms with Gasteiger partial charge in [-0.15, -0.1) is 0 Å². The number of rotatable bonds is 4. The third-order valence-electron chi connectivity index (χ3n) is 6.09. The molecule has 2 N–H and O–H groups in total. The number of aryl methyl sites for hydroxylation is 1. The number of halogens is 1. The maximum absolute atomic E-state index is 10.7. The summed E-state index contributed by atoms with van der Waals surface area (Å²) in [6.07, 6.45) is 1.80. The summed E-state index contributed by atoms with van der Waals surface area (Å²) in [5, 5.41) is 14.7. The van der Waals surface area contributed by atoms with E-state index in [1.807, 2.05) is 53.4 Å². The van der Waals surface area contributed by atoms with Crippen molar-refractivity contribution in [2.75, 3.05) is 4.90 Å². The normalized spacial score (nSPS) is 17.9. The number of nitrogens with zero attached hydrogens (tertiary/aromatic N) is 3. The first-order chi connectivity index (χ1) is 16.0. The number of aromatic hydroxyl groups is 1. The fourth-order valence-corrected chi connectivity index (χ4v) is 5.42. The summed E-state index contributed by atoms with van der Waals surface area (Å²) >= 11 is 9.39. The lowest BCUT2D eigenvalue weighted by Gasteiger charge is -2.28. The summed E-state index contributed by atoms with van der Waals surface area (Å²) in [6, 6.07) is 23.3. The lowest BCUT2D eigenvalue weighted by molar-refractivity contribution is 0.472. The molecule has 0 amide bonds. The highest BCUT2D eigenvalue weighted by Crippen LogP contribution is 2.45. The second-order valence-corrected chi connectivity index (χ2v) is 9.43. The number of thiocarbonyl (C=S) groups is 1. The van der Waals surface area contributed by atoms with Crippen LogP contribution in [0.5, 0.6) is 5.75 Å². The molecule has 2 aromatic carbocycles. The third-order valence-corrected chi connectivity index (χ3v) is 6.90. The van der Waals surface area contributed by atoms with Crippen LogP contribution in [0.3, 0.4) is 0 Å². The number of hydrogen-bond donors (Lipinski definition) is 2. The molecule has 0 radical (unpaired) electrons. The van der Waals surface area contributed by atoms with Crippen LogP contribution in [0.25, 0.3) is 5.69 Å². The van der Waals surface area contributed by atoms with E-state index in [9.17, 15) is 5.11 Å². The fraction of sp³-hybridized carbons (Fsp3) is 0.154. The topological polar surface area (TPSA) is 53.3 Å². The molecule has 7 heteroatoms. The zero-order valence-electron chi connectivity index (χ0n) is 18.2. The number of phenolic OH excluding ortho intramolecular Hbond substituents is 1. The monoisotopic (exact) mass is 518 g/mol. The van der Waals surface area contributed by atoms with E-state index in [-0.39, 0.29) is 17.8 Å². The van der Waals surface area contributed by atoms with Crippen molar-refractivity contribution in [2.24, 2.45) is 0 Å². The van der Waals surface area contributed by atoms with Crippen molar-refractivity contribution in [3.05, 3.63) is 106 Å². The number of benzene rings is 2. The van der Waals surface area contributed by atoms with Gasteiger partial charge in [0.05, 0.1) is 23.5 Å². The Morgan fingerprint density at radius 2 is 1.79 bits per heavy atom. The van der Waals surface area contributed by atoms with E-state index in [0.717, 1.165) is 32.8 Å². The predicted octanol–water partition coefficient (Wildman–Crippen LogP) is 6.13. The maximum atomic E-state index is 10.7. The number of aromatic nitrogens is 2. The lowest BCUT2D eigenvalue weighted by atomic mass is 9.96. The molecular weight excluding hydrogens is 496 g/mol. The van der Waals surface area contributed by atoms with Crippen LogP contribution < -0.4 is 10.2 Å². The van der Waals surface area contributed by atoms with E-state index in [2.05, 4.69) is 62.8 Å². The minimum Gasteiger partial charge on any atom is -0.506 e. The van der Waals surface area contributed by atoms with Gasteiger partial charge in [-0.1, -0.05) is 40.2 Å². The highest BCUT2D eigenvalue weighted by atomic mass is 79.9. The molecule has 33 heavy (non-hydrogen) atoms. The van der Waals surface area contributed by atoms with Gasteiger partial charge in [0.1, 0.15) is 5.75 Å². The Morgan fingerprint density at radius 3 is 2.52 bits per heavy atom. The molecule has 0 aliphatic carbocycles. The van der Waals surface area contributed by atoms with Gasteiger partial charge in [0.15, 0.2) is 5.11 Å². The Hall–Kier alpha value is -3.16. The van der Waals surface area contributed by atoms with Gasteiger partial charge in [-0.3, -0.25) is 4.98 Å². The standard InChI is InChI=1S/C26H23BrN4OS/c1-16-14-20(17(2)30(16)19-9-7-8-18(27)15-19)25-24(21-10-5-6-13-28-21)29-26(33)31(25)22-11-3-4-12-23(22)32/h3-15,24-25,32H,1-2H3,(H,29,33)/t24-,25+/m1/s1. The van der Waals surface area contributed by atoms with Crippen molar-refractivity contribution in [3.8, 4) is 11.4 Å². The molecule has 1 aliphatic heterocycles. The summed E-state index contributed by atoms with van der Waals surface area (Å²) in [6.45, 7) is 4.24. The van der Waals surface area contributed by atoms with Crippen LogP contribution in [0.1, 0.15) is 34.7 Å². The second kappa shape index (κ2) is 8.65. The van der Waals surface area contributed by atoms with Crippen LogP contribution in [0.15, 0.2) is 83.5 Å². The fourth-order valence-electron chi connectivity index (χ4n) is 4.70. The molecule has 166 valence electrons. The number of pyridine rings is 1. The average molecular weight is 519 g/mol. The van der Waals surface area contributed by atoms with Crippen molar-refractivity contribution in [3.63, 3.8) is 0 Å². The maximum Gasteiger partial charge on any atom is 0.174 e. The van der Waals surface area contributed by atoms with Crippen LogP contribution >= 0.6 is 28.1 Å². The van der Waals surface area contributed by atoms with Gasteiger partial charge < -0.3 is 19.9 Å². The molecule has 2 atom stereocenters. The number of anilines is 1. The summed E-state index contributed by atoms with van der Waals surface area (Å²) in [4.78, 5) is 6.64. The first kappa shape index (κ1) is 21.7. The molecule has 0 unspecified atom stereocenters.